The van der Waals surface area contributed by atoms with Crippen LogP contribution in [-0.4, -0.2) is 35.2 Å². The van der Waals surface area contributed by atoms with Gasteiger partial charge < -0.3 is 15.2 Å². The van der Waals surface area contributed by atoms with Crippen molar-refractivity contribution in [1.29, 1.82) is 0 Å². The van der Waals surface area contributed by atoms with E-state index in [1.807, 2.05) is 20.8 Å². The molecular formula is C21H23F2NO4. The van der Waals surface area contributed by atoms with Crippen LogP contribution >= 0.6 is 0 Å². The second-order valence-corrected chi connectivity index (χ2v) is 7.32. The van der Waals surface area contributed by atoms with Crippen molar-refractivity contribution in [3.05, 3.63) is 59.7 Å². The van der Waals surface area contributed by atoms with Crippen molar-refractivity contribution in [2.24, 2.45) is 0 Å². The molecule has 0 spiro atoms. The lowest BCUT2D eigenvalue weighted by molar-refractivity contribution is -0.140. The minimum Gasteiger partial charge on any atom is -0.480 e. The number of halogens is 2. The van der Waals surface area contributed by atoms with Crippen LogP contribution in [0.2, 0.25) is 0 Å². The molecule has 0 heterocycles. The summed E-state index contributed by atoms with van der Waals surface area (Å²) in [6, 6.07) is 8.25. The highest BCUT2D eigenvalue weighted by molar-refractivity contribution is 5.97. The highest BCUT2D eigenvalue weighted by Crippen LogP contribution is 2.22. The molecule has 7 heteroatoms. The average molecular weight is 391 g/mol. The van der Waals surface area contributed by atoms with Crippen molar-refractivity contribution in [1.82, 2.24) is 5.32 Å². The molecule has 0 aliphatic rings. The van der Waals surface area contributed by atoms with Crippen molar-refractivity contribution >= 4 is 11.9 Å². The maximum atomic E-state index is 14.4. The van der Waals surface area contributed by atoms with Gasteiger partial charge in [-0.25, -0.2) is 13.6 Å². The zero-order chi connectivity index (χ0) is 20.9. The van der Waals surface area contributed by atoms with Crippen LogP contribution < -0.4 is 5.32 Å². The second kappa shape index (κ2) is 8.93. The largest absolute Gasteiger partial charge is 0.480 e. The van der Waals surface area contributed by atoms with Gasteiger partial charge in [-0.15, -0.1) is 0 Å². The van der Waals surface area contributed by atoms with Gasteiger partial charge in [0.25, 0.3) is 5.91 Å². The van der Waals surface area contributed by atoms with Gasteiger partial charge in [0.1, 0.15) is 17.7 Å². The number of aliphatic carboxylic acids is 1. The third-order valence-corrected chi connectivity index (χ3v) is 3.94. The quantitative estimate of drug-likeness (QED) is 0.748. The molecular weight excluding hydrogens is 368 g/mol. The molecule has 2 aromatic carbocycles. The topological polar surface area (TPSA) is 75.6 Å². The summed E-state index contributed by atoms with van der Waals surface area (Å²) in [4.78, 5) is 23.7. The second-order valence-electron chi connectivity index (χ2n) is 7.32. The molecule has 1 amide bonds. The normalized spacial score (nSPS) is 12.5. The number of carboxylic acid groups (broad SMARTS) is 1. The first-order valence-corrected chi connectivity index (χ1v) is 8.80. The van der Waals surface area contributed by atoms with Crippen molar-refractivity contribution in [3.8, 4) is 11.1 Å². The van der Waals surface area contributed by atoms with E-state index < -0.39 is 35.2 Å². The Labute approximate surface area is 162 Å². The molecule has 1 atom stereocenters. The van der Waals surface area contributed by atoms with Crippen LogP contribution in [0.15, 0.2) is 42.5 Å². The minimum atomic E-state index is -1.23. The van der Waals surface area contributed by atoms with Gasteiger partial charge in [0.05, 0.1) is 11.2 Å². The summed E-state index contributed by atoms with van der Waals surface area (Å²) in [5.41, 5.74) is 0.362. The molecule has 0 radical (unpaired) electrons. The number of hydrogen-bond acceptors (Lipinski definition) is 3. The van der Waals surface area contributed by atoms with E-state index in [4.69, 9.17) is 4.74 Å². The number of carbonyl (C=O) groups excluding carboxylic acids is 1. The summed E-state index contributed by atoms with van der Waals surface area (Å²) < 4.78 is 32.9. The predicted octanol–water partition coefficient (Wildman–Crippen LogP) is 4.02. The summed E-state index contributed by atoms with van der Waals surface area (Å²) in [5.74, 6) is -3.26. The number of rotatable bonds is 7. The van der Waals surface area contributed by atoms with Crippen LogP contribution in [0, 0.1) is 11.6 Å². The maximum absolute atomic E-state index is 14.4. The fourth-order valence-corrected chi connectivity index (χ4v) is 2.50. The Morgan fingerprint density at radius 3 is 2.21 bits per heavy atom. The van der Waals surface area contributed by atoms with Crippen LogP contribution in [0.5, 0.6) is 0 Å². The number of hydrogen-bond donors (Lipinski definition) is 2. The summed E-state index contributed by atoms with van der Waals surface area (Å²) >= 11 is 0. The average Bonchev–Trinajstić information content (AvgIpc) is 2.60. The molecule has 2 aromatic rings. The van der Waals surface area contributed by atoms with E-state index in [0.29, 0.717) is 11.1 Å². The zero-order valence-electron chi connectivity index (χ0n) is 16.0. The van der Waals surface area contributed by atoms with E-state index >= 15 is 0 Å². The smallest absolute Gasteiger partial charge is 0.326 e. The van der Waals surface area contributed by atoms with Gasteiger partial charge in [0.2, 0.25) is 0 Å². The van der Waals surface area contributed by atoms with Gasteiger partial charge in [-0.3, -0.25) is 4.79 Å². The number of amides is 1. The fourth-order valence-electron chi connectivity index (χ4n) is 2.50. The van der Waals surface area contributed by atoms with Crippen LogP contribution in [0.4, 0.5) is 8.78 Å². The molecule has 1 unspecified atom stereocenters. The maximum Gasteiger partial charge on any atom is 0.326 e. The first-order valence-electron chi connectivity index (χ1n) is 8.80. The molecule has 28 heavy (non-hydrogen) atoms. The lowest BCUT2D eigenvalue weighted by Gasteiger charge is -2.21. The Balaban J connectivity index is 2.09. The number of carbonyl (C=O) groups is 2. The van der Waals surface area contributed by atoms with Gasteiger partial charge in [-0.2, -0.15) is 0 Å². The van der Waals surface area contributed by atoms with Crippen LogP contribution in [0.1, 0.15) is 37.6 Å². The number of ether oxygens (including phenoxy) is 1. The lowest BCUT2D eigenvalue weighted by Crippen LogP contribution is -2.42. The Morgan fingerprint density at radius 2 is 1.68 bits per heavy atom. The molecule has 0 saturated heterocycles. The molecule has 0 saturated carbocycles. The Bertz CT molecular complexity index is 844. The van der Waals surface area contributed by atoms with Crippen LogP contribution in [-0.2, 0) is 9.53 Å². The molecule has 0 fully saturated rings. The molecule has 0 aliphatic carbocycles. The molecule has 0 aliphatic heterocycles. The van der Waals surface area contributed by atoms with Crippen molar-refractivity contribution < 1.29 is 28.2 Å². The van der Waals surface area contributed by atoms with Crippen molar-refractivity contribution in [2.75, 3.05) is 6.61 Å². The molecule has 150 valence electrons. The van der Waals surface area contributed by atoms with Gasteiger partial charge in [0, 0.05) is 13.0 Å². The summed E-state index contributed by atoms with van der Waals surface area (Å²) in [6.07, 6.45) is 0.0492. The molecule has 2 rings (SSSR count). The van der Waals surface area contributed by atoms with Crippen LogP contribution in [0.25, 0.3) is 11.1 Å². The first kappa shape index (κ1) is 21.5. The first-order chi connectivity index (χ1) is 13.1. The highest BCUT2D eigenvalue weighted by Gasteiger charge is 2.23. The van der Waals surface area contributed by atoms with Gasteiger partial charge in [-0.05, 0) is 56.2 Å². The third-order valence-electron chi connectivity index (χ3n) is 3.94. The van der Waals surface area contributed by atoms with Crippen LogP contribution in [0.3, 0.4) is 0 Å². The fraction of sp³-hybridized carbons (Fsp3) is 0.333. The third kappa shape index (κ3) is 6.13. The Kier molecular flexibility index (Phi) is 6.85. The van der Waals surface area contributed by atoms with Gasteiger partial charge in [0.15, 0.2) is 0 Å². The van der Waals surface area contributed by atoms with Gasteiger partial charge in [-0.1, -0.05) is 18.2 Å². The number of nitrogens with one attached hydrogen (secondary N) is 1. The Morgan fingerprint density at radius 1 is 1.07 bits per heavy atom. The summed E-state index contributed by atoms with van der Waals surface area (Å²) in [7, 11) is 0. The van der Waals surface area contributed by atoms with E-state index in [-0.39, 0.29) is 18.6 Å². The molecule has 0 aromatic heterocycles. The standard InChI is InChI=1S/C21H23F2NO4/c1-21(2,3)28-11-10-18(20(26)27)24-19(25)16-9-6-14(12-17(16)23)13-4-7-15(22)8-5-13/h4-9,12,18H,10-11H2,1-3H3,(H,24,25)(H,26,27). The van der Waals surface area contributed by atoms with Crippen molar-refractivity contribution in [2.45, 2.75) is 38.8 Å². The van der Waals surface area contributed by atoms with E-state index in [1.54, 1.807) is 0 Å². The summed E-state index contributed by atoms with van der Waals surface area (Å²) in [5, 5.41) is 11.6. The van der Waals surface area contributed by atoms with Gasteiger partial charge >= 0.3 is 5.97 Å². The molecule has 5 nitrogen and oxygen atoms in total. The highest BCUT2D eigenvalue weighted by atomic mass is 19.1. The van der Waals surface area contributed by atoms with E-state index in [1.165, 1.54) is 36.4 Å². The minimum absolute atomic E-state index is 0.0492. The van der Waals surface area contributed by atoms with E-state index in [9.17, 15) is 23.5 Å². The zero-order valence-corrected chi connectivity index (χ0v) is 16.0. The predicted molar refractivity (Wildman–Crippen MR) is 101 cm³/mol. The van der Waals surface area contributed by atoms with E-state index in [2.05, 4.69) is 5.32 Å². The Hall–Kier alpha value is -2.80. The number of benzene rings is 2. The summed E-state index contributed by atoms with van der Waals surface area (Å²) in [6.45, 7) is 5.63. The lowest BCUT2D eigenvalue weighted by atomic mass is 10.0. The van der Waals surface area contributed by atoms with Crippen molar-refractivity contribution in [3.63, 3.8) is 0 Å². The number of carboxylic acids is 1. The van der Waals surface area contributed by atoms with E-state index in [0.717, 1.165) is 6.07 Å². The SMILES string of the molecule is CC(C)(C)OCCC(NC(=O)c1ccc(-c2ccc(F)cc2)cc1F)C(=O)O. The molecule has 2 N–H and O–H groups in total. The molecule has 0 bridgehead atoms. The monoisotopic (exact) mass is 391 g/mol.